The minimum absolute atomic E-state index is 0.0159. The molecule has 0 saturated carbocycles. The van der Waals surface area contributed by atoms with Crippen LogP contribution >= 0.6 is 0 Å². The van der Waals surface area contributed by atoms with E-state index in [1.807, 2.05) is 30.3 Å². The Kier molecular flexibility index (Phi) is 5.30. The Morgan fingerprint density at radius 1 is 1.26 bits per heavy atom. The van der Waals surface area contributed by atoms with Crippen LogP contribution in [0.1, 0.15) is 11.1 Å². The molecule has 0 aliphatic rings. The summed E-state index contributed by atoms with van der Waals surface area (Å²) in [6, 6.07) is 11.5. The van der Waals surface area contributed by atoms with E-state index in [1.54, 1.807) is 31.3 Å². The fourth-order valence-corrected chi connectivity index (χ4v) is 1.93. The molecule has 2 aromatic carbocycles. The Hall–Kier alpha value is -2.89. The standard InChI is InChI=1S/C17H17FN2O3/c1-19(2)9-8-14-10-17(15(18)11-16(14)20(21)22)23-12-13-6-4-3-5-7-13/h3-11H,12H2,1-2H3/b9-8+. The molecule has 0 spiro atoms. The lowest BCUT2D eigenvalue weighted by Gasteiger charge is -2.09. The van der Waals surface area contributed by atoms with Crippen LogP contribution in [0, 0.1) is 15.9 Å². The van der Waals surface area contributed by atoms with E-state index < -0.39 is 10.7 Å². The Labute approximate surface area is 133 Å². The zero-order chi connectivity index (χ0) is 16.8. The fourth-order valence-electron chi connectivity index (χ4n) is 1.93. The average molecular weight is 316 g/mol. The van der Waals surface area contributed by atoms with Gasteiger partial charge in [0, 0.05) is 14.1 Å². The third kappa shape index (κ3) is 4.54. The molecule has 0 atom stereocenters. The first-order chi connectivity index (χ1) is 11.0. The molecule has 0 bridgehead atoms. The topological polar surface area (TPSA) is 55.6 Å². The van der Waals surface area contributed by atoms with Gasteiger partial charge in [-0.3, -0.25) is 10.1 Å². The molecule has 2 aromatic rings. The summed E-state index contributed by atoms with van der Waals surface area (Å²) < 4.78 is 19.5. The average Bonchev–Trinajstić information content (AvgIpc) is 2.52. The maximum absolute atomic E-state index is 14.0. The number of nitro benzene ring substituents is 1. The molecular weight excluding hydrogens is 299 g/mol. The molecule has 120 valence electrons. The number of hydrogen-bond donors (Lipinski definition) is 0. The van der Waals surface area contributed by atoms with Crippen LogP contribution in [-0.2, 0) is 6.61 Å². The summed E-state index contributed by atoms with van der Waals surface area (Å²) in [6.45, 7) is 0.187. The second-order valence-corrected chi connectivity index (χ2v) is 5.15. The van der Waals surface area contributed by atoms with Gasteiger partial charge in [0.1, 0.15) is 6.61 Å². The van der Waals surface area contributed by atoms with Crippen LogP contribution < -0.4 is 4.74 Å². The molecule has 0 amide bonds. The van der Waals surface area contributed by atoms with Crippen molar-refractivity contribution in [3.8, 4) is 5.75 Å². The monoisotopic (exact) mass is 316 g/mol. The summed E-state index contributed by atoms with van der Waals surface area (Å²) in [5.41, 5.74) is 0.872. The summed E-state index contributed by atoms with van der Waals surface area (Å²) in [5.74, 6) is -0.771. The Morgan fingerprint density at radius 2 is 1.96 bits per heavy atom. The maximum atomic E-state index is 14.0. The van der Waals surface area contributed by atoms with Crippen LogP contribution in [0.2, 0.25) is 0 Å². The molecule has 0 N–H and O–H groups in total. The molecule has 6 heteroatoms. The second kappa shape index (κ2) is 7.40. The summed E-state index contributed by atoms with van der Waals surface area (Å²) in [5, 5.41) is 11.1. The predicted octanol–water partition coefficient (Wildman–Crippen LogP) is 3.85. The van der Waals surface area contributed by atoms with Gasteiger partial charge in [0.05, 0.1) is 16.6 Å². The Morgan fingerprint density at radius 3 is 2.57 bits per heavy atom. The van der Waals surface area contributed by atoms with Crippen LogP contribution in [0.4, 0.5) is 10.1 Å². The number of halogens is 1. The molecule has 0 fully saturated rings. The van der Waals surface area contributed by atoms with Crippen molar-refractivity contribution in [1.29, 1.82) is 0 Å². The van der Waals surface area contributed by atoms with Crippen LogP contribution in [0.3, 0.4) is 0 Å². The molecule has 0 unspecified atom stereocenters. The maximum Gasteiger partial charge on any atom is 0.279 e. The Balaban J connectivity index is 2.29. The van der Waals surface area contributed by atoms with Crippen LogP contribution in [0.15, 0.2) is 48.7 Å². The quantitative estimate of drug-likeness (QED) is 0.600. The lowest BCUT2D eigenvalue weighted by atomic mass is 10.1. The smallest absolute Gasteiger partial charge is 0.279 e. The molecule has 0 aliphatic carbocycles. The van der Waals surface area contributed by atoms with E-state index in [0.717, 1.165) is 11.6 Å². The SMILES string of the molecule is CN(C)/C=C/c1cc(OCc2ccccc2)c(F)cc1[N+](=O)[O-]. The van der Waals surface area contributed by atoms with E-state index >= 15 is 0 Å². The number of ether oxygens (including phenoxy) is 1. The third-order valence-electron chi connectivity index (χ3n) is 3.07. The molecule has 0 heterocycles. The molecule has 2 rings (SSSR count). The first-order valence-corrected chi connectivity index (χ1v) is 6.96. The van der Waals surface area contributed by atoms with Gasteiger partial charge in [-0.15, -0.1) is 0 Å². The molecule has 23 heavy (non-hydrogen) atoms. The van der Waals surface area contributed by atoms with Gasteiger partial charge in [-0.1, -0.05) is 30.3 Å². The van der Waals surface area contributed by atoms with Gasteiger partial charge in [0.2, 0.25) is 0 Å². The highest BCUT2D eigenvalue weighted by atomic mass is 19.1. The Bertz CT molecular complexity index is 715. The largest absolute Gasteiger partial charge is 0.486 e. The first-order valence-electron chi connectivity index (χ1n) is 6.96. The summed E-state index contributed by atoms with van der Waals surface area (Å²) >= 11 is 0. The van der Waals surface area contributed by atoms with E-state index in [2.05, 4.69) is 0 Å². The highest BCUT2D eigenvalue weighted by molar-refractivity contribution is 5.63. The lowest BCUT2D eigenvalue weighted by Crippen LogP contribution is -2.02. The van der Waals surface area contributed by atoms with Crippen molar-refractivity contribution in [3.63, 3.8) is 0 Å². The molecule has 0 radical (unpaired) electrons. The number of nitrogens with zero attached hydrogens (tertiary/aromatic N) is 2. The highest BCUT2D eigenvalue weighted by Gasteiger charge is 2.17. The summed E-state index contributed by atoms with van der Waals surface area (Å²) in [4.78, 5) is 12.2. The van der Waals surface area contributed by atoms with Gasteiger partial charge in [0.25, 0.3) is 5.69 Å². The van der Waals surface area contributed by atoms with Crippen LogP contribution in [-0.4, -0.2) is 23.9 Å². The van der Waals surface area contributed by atoms with E-state index in [0.29, 0.717) is 0 Å². The molecule has 0 saturated heterocycles. The lowest BCUT2D eigenvalue weighted by molar-refractivity contribution is -0.385. The van der Waals surface area contributed by atoms with Gasteiger partial charge in [0.15, 0.2) is 11.6 Å². The zero-order valence-electron chi connectivity index (χ0n) is 12.9. The van der Waals surface area contributed by atoms with Crippen molar-refractivity contribution in [2.75, 3.05) is 14.1 Å². The molecular formula is C17H17FN2O3. The fraction of sp³-hybridized carbons (Fsp3) is 0.176. The zero-order valence-corrected chi connectivity index (χ0v) is 12.9. The van der Waals surface area contributed by atoms with Crippen molar-refractivity contribution in [1.82, 2.24) is 4.90 Å². The molecule has 0 aromatic heterocycles. The number of nitro groups is 1. The summed E-state index contributed by atoms with van der Waals surface area (Å²) in [6.07, 6.45) is 3.20. The third-order valence-corrected chi connectivity index (χ3v) is 3.07. The van der Waals surface area contributed by atoms with E-state index in [4.69, 9.17) is 4.74 Å². The van der Waals surface area contributed by atoms with Crippen molar-refractivity contribution >= 4 is 11.8 Å². The first kappa shape index (κ1) is 16.5. The minimum atomic E-state index is -0.755. The second-order valence-electron chi connectivity index (χ2n) is 5.15. The van der Waals surface area contributed by atoms with Crippen molar-refractivity contribution < 1.29 is 14.1 Å². The van der Waals surface area contributed by atoms with E-state index in [9.17, 15) is 14.5 Å². The van der Waals surface area contributed by atoms with Crippen LogP contribution in [0.25, 0.3) is 6.08 Å². The van der Waals surface area contributed by atoms with Gasteiger partial charge in [-0.2, -0.15) is 0 Å². The predicted molar refractivity (Wildman–Crippen MR) is 86.5 cm³/mol. The molecule has 0 aliphatic heterocycles. The van der Waals surface area contributed by atoms with Crippen molar-refractivity contribution in [3.05, 3.63) is 75.7 Å². The molecule has 5 nitrogen and oxygen atoms in total. The van der Waals surface area contributed by atoms with Crippen molar-refractivity contribution in [2.45, 2.75) is 6.61 Å². The van der Waals surface area contributed by atoms with Gasteiger partial charge in [-0.25, -0.2) is 4.39 Å². The van der Waals surface area contributed by atoms with Gasteiger partial charge < -0.3 is 9.64 Å². The summed E-state index contributed by atoms with van der Waals surface area (Å²) in [7, 11) is 3.58. The number of rotatable bonds is 6. The van der Waals surface area contributed by atoms with E-state index in [-0.39, 0.29) is 23.6 Å². The number of hydrogen-bond acceptors (Lipinski definition) is 4. The van der Waals surface area contributed by atoms with Gasteiger partial charge in [-0.05, 0) is 23.9 Å². The normalized spacial score (nSPS) is 10.7. The van der Waals surface area contributed by atoms with Gasteiger partial charge >= 0.3 is 0 Å². The van der Waals surface area contributed by atoms with E-state index in [1.165, 1.54) is 6.07 Å². The minimum Gasteiger partial charge on any atom is -0.486 e. The van der Waals surface area contributed by atoms with Crippen LogP contribution in [0.5, 0.6) is 5.75 Å². The van der Waals surface area contributed by atoms with Crippen molar-refractivity contribution in [2.24, 2.45) is 0 Å². The number of benzene rings is 2. The highest BCUT2D eigenvalue weighted by Crippen LogP contribution is 2.29.